The van der Waals surface area contributed by atoms with Crippen LogP contribution in [0.15, 0.2) is 53.0 Å². The van der Waals surface area contributed by atoms with Crippen molar-refractivity contribution in [2.24, 2.45) is 0 Å². The first-order chi connectivity index (χ1) is 13.2. The summed E-state index contributed by atoms with van der Waals surface area (Å²) >= 11 is 1.43. The van der Waals surface area contributed by atoms with E-state index in [0.717, 1.165) is 18.1 Å². The molecule has 0 radical (unpaired) electrons. The van der Waals surface area contributed by atoms with Crippen molar-refractivity contribution >= 4 is 23.3 Å². The second kappa shape index (κ2) is 7.67. The Morgan fingerprint density at radius 1 is 1.25 bits per heavy atom. The number of carbonyl (C=O) groups is 2. The fourth-order valence-electron chi connectivity index (χ4n) is 3.14. The number of urea groups is 1. The lowest BCUT2D eigenvalue weighted by atomic mass is 9.91. The lowest BCUT2D eigenvalue weighted by Gasteiger charge is -2.35. The highest BCUT2D eigenvalue weighted by Gasteiger charge is 2.41. The van der Waals surface area contributed by atoms with Gasteiger partial charge in [-0.3, -0.25) is 4.90 Å². The highest BCUT2D eigenvalue weighted by Crippen LogP contribution is 2.39. The van der Waals surface area contributed by atoms with E-state index in [2.05, 4.69) is 5.32 Å². The van der Waals surface area contributed by atoms with Crippen molar-refractivity contribution in [2.45, 2.75) is 25.7 Å². The molecule has 0 spiro atoms. The molecule has 2 heterocycles. The molecule has 0 bridgehead atoms. The molecule has 2 amide bonds. The molecule has 1 aliphatic rings. The fraction of sp³-hybridized carbons (Fsp3) is 0.263. The van der Waals surface area contributed by atoms with Gasteiger partial charge in [0, 0.05) is 10.6 Å². The van der Waals surface area contributed by atoms with Crippen molar-refractivity contribution in [3.8, 4) is 0 Å². The van der Waals surface area contributed by atoms with E-state index < -0.39 is 29.8 Å². The molecular formula is C19H17F3N2O3S. The van der Waals surface area contributed by atoms with Gasteiger partial charge in [0.15, 0.2) is 0 Å². The highest BCUT2D eigenvalue weighted by atomic mass is 32.1. The van der Waals surface area contributed by atoms with E-state index in [1.807, 2.05) is 17.5 Å². The van der Waals surface area contributed by atoms with Crippen molar-refractivity contribution in [2.75, 3.05) is 7.11 Å². The van der Waals surface area contributed by atoms with E-state index in [4.69, 9.17) is 4.74 Å². The summed E-state index contributed by atoms with van der Waals surface area (Å²) in [6.45, 7) is 1.73. The number of rotatable bonds is 4. The molecule has 1 aromatic carbocycles. The van der Waals surface area contributed by atoms with Crippen molar-refractivity contribution in [1.82, 2.24) is 10.2 Å². The molecule has 3 rings (SSSR count). The molecule has 2 aromatic rings. The maximum atomic E-state index is 13.5. The van der Waals surface area contributed by atoms with Crippen LogP contribution in [-0.4, -0.2) is 24.0 Å². The third-order valence-corrected chi connectivity index (χ3v) is 5.33. The van der Waals surface area contributed by atoms with E-state index >= 15 is 0 Å². The van der Waals surface area contributed by atoms with Crippen molar-refractivity contribution in [3.05, 3.63) is 69.1 Å². The topological polar surface area (TPSA) is 58.6 Å². The van der Waals surface area contributed by atoms with Gasteiger partial charge in [0.25, 0.3) is 0 Å². The van der Waals surface area contributed by atoms with Crippen LogP contribution in [0, 0.1) is 0 Å². The van der Waals surface area contributed by atoms with E-state index in [0.29, 0.717) is 0 Å². The molecule has 0 saturated heterocycles. The van der Waals surface area contributed by atoms with Gasteiger partial charge in [-0.25, -0.2) is 9.59 Å². The van der Waals surface area contributed by atoms with Gasteiger partial charge in [0.1, 0.15) is 0 Å². The lowest BCUT2D eigenvalue weighted by molar-refractivity contribution is -0.140. The Morgan fingerprint density at radius 2 is 1.96 bits per heavy atom. The molecule has 0 saturated carbocycles. The molecule has 28 heavy (non-hydrogen) atoms. The Balaban J connectivity index is 2.11. The number of alkyl halides is 3. The first-order valence-corrected chi connectivity index (χ1v) is 9.17. The molecule has 9 heteroatoms. The maximum absolute atomic E-state index is 13.5. The van der Waals surface area contributed by atoms with Crippen LogP contribution < -0.4 is 5.32 Å². The molecule has 1 atom stereocenters. The second-order valence-corrected chi connectivity index (χ2v) is 7.16. The van der Waals surface area contributed by atoms with Crippen LogP contribution in [0.3, 0.4) is 0 Å². The second-order valence-electron chi connectivity index (χ2n) is 6.12. The number of esters is 1. The number of allylic oxidation sites excluding steroid dienone is 1. The number of nitrogens with one attached hydrogen (secondary N) is 1. The summed E-state index contributed by atoms with van der Waals surface area (Å²) in [4.78, 5) is 27.3. The lowest BCUT2D eigenvalue weighted by Crippen LogP contribution is -2.47. The highest BCUT2D eigenvalue weighted by molar-refractivity contribution is 7.09. The summed E-state index contributed by atoms with van der Waals surface area (Å²) in [5.74, 6) is -0.796. The summed E-state index contributed by atoms with van der Waals surface area (Å²) in [6, 6.07) is 6.66. The predicted octanol–water partition coefficient (Wildman–Crippen LogP) is 4.48. The number of hydrogen-bond donors (Lipinski definition) is 1. The molecule has 148 valence electrons. The molecule has 1 N–H and O–H groups in total. The summed E-state index contributed by atoms with van der Waals surface area (Å²) in [5.41, 5.74) is -0.901. The minimum Gasteiger partial charge on any atom is -0.466 e. The molecule has 5 nitrogen and oxygen atoms in total. The number of carbonyl (C=O) groups excluding carboxylic acids is 2. The number of benzene rings is 1. The number of methoxy groups -OCH3 is 1. The van der Waals surface area contributed by atoms with Gasteiger partial charge in [-0.05, 0) is 30.0 Å². The van der Waals surface area contributed by atoms with Crippen molar-refractivity contribution < 1.29 is 27.5 Å². The zero-order valence-electron chi connectivity index (χ0n) is 15.0. The molecule has 1 aliphatic heterocycles. The Kier molecular flexibility index (Phi) is 5.46. The van der Waals surface area contributed by atoms with Gasteiger partial charge < -0.3 is 10.1 Å². The number of halogens is 3. The molecular weight excluding hydrogens is 393 g/mol. The molecule has 0 aliphatic carbocycles. The monoisotopic (exact) mass is 410 g/mol. The van der Waals surface area contributed by atoms with E-state index in [1.165, 1.54) is 41.4 Å². The first kappa shape index (κ1) is 19.9. The van der Waals surface area contributed by atoms with E-state index in [-0.39, 0.29) is 23.4 Å². The van der Waals surface area contributed by atoms with E-state index in [1.54, 1.807) is 0 Å². The SMILES string of the molecule is COC(=O)C1=C(C)N(Cc2cccs2)C(=O)N[C@H]1c1ccccc1C(F)(F)F. The predicted molar refractivity (Wildman–Crippen MR) is 97.3 cm³/mol. The fourth-order valence-corrected chi connectivity index (χ4v) is 3.84. The van der Waals surface area contributed by atoms with Gasteiger partial charge in [0.2, 0.25) is 0 Å². The third kappa shape index (κ3) is 3.75. The Labute approximate surface area is 163 Å². The maximum Gasteiger partial charge on any atom is 0.416 e. The van der Waals surface area contributed by atoms with Crippen LogP contribution in [0.4, 0.5) is 18.0 Å². The minimum absolute atomic E-state index is 0.0321. The number of nitrogens with zero attached hydrogens (tertiary/aromatic N) is 1. The van der Waals surface area contributed by atoms with Crippen molar-refractivity contribution in [1.29, 1.82) is 0 Å². The van der Waals surface area contributed by atoms with Crippen LogP contribution in [0.5, 0.6) is 0 Å². The van der Waals surface area contributed by atoms with Gasteiger partial charge in [-0.15, -0.1) is 11.3 Å². The molecule has 0 unspecified atom stereocenters. The number of ether oxygens (including phenoxy) is 1. The summed E-state index contributed by atoms with van der Waals surface area (Å²) in [5, 5.41) is 4.38. The minimum atomic E-state index is -4.63. The Hall–Kier alpha value is -2.81. The number of thiophene rings is 1. The van der Waals surface area contributed by atoms with Crippen LogP contribution in [0.2, 0.25) is 0 Å². The van der Waals surface area contributed by atoms with Gasteiger partial charge in [0.05, 0.1) is 30.8 Å². The van der Waals surface area contributed by atoms with E-state index in [9.17, 15) is 22.8 Å². The zero-order valence-corrected chi connectivity index (χ0v) is 15.9. The summed E-state index contributed by atoms with van der Waals surface area (Å²) in [7, 11) is 1.15. The van der Waals surface area contributed by atoms with Crippen LogP contribution in [0.25, 0.3) is 0 Å². The zero-order chi connectivity index (χ0) is 20.5. The Bertz CT molecular complexity index is 923. The average Bonchev–Trinajstić information content (AvgIpc) is 3.16. The average molecular weight is 410 g/mol. The standard InChI is InChI=1S/C19H17F3N2O3S/c1-11-15(17(25)27-2)16(13-7-3-4-8-14(13)19(20,21)22)23-18(26)24(11)10-12-6-5-9-28-12/h3-9,16H,10H2,1-2H3,(H,23,26)/t16-/m0/s1. The quantitative estimate of drug-likeness (QED) is 0.756. The molecule has 1 aromatic heterocycles. The largest absolute Gasteiger partial charge is 0.466 e. The van der Waals surface area contributed by atoms with Crippen LogP contribution >= 0.6 is 11.3 Å². The summed E-state index contributed by atoms with van der Waals surface area (Å²) in [6.07, 6.45) is -4.63. The molecule has 0 fully saturated rings. The summed E-state index contributed by atoms with van der Waals surface area (Å²) < 4.78 is 45.2. The smallest absolute Gasteiger partial charge is 0.416 e. The van der Waals surface area contributed by atoms with Crippen LogP contribution in [0.1, 0.15) is 29.0 Å². The normalized spacial score (nSPS) is 17.5. The number of amides is 2. The third-order valence-electron chi connectivity index (χ3n) is 4.47. The van der Waals surface area contributed by atoms with Gasteiger partial charge >= 0.3 is 18.2 Å². The van der Waals surface area contributed by atoms with Gasteiger partial charge in [-0.2, -0.15) is 13.2 Å². The first-order valence-electron chi connectivity index (χ1n) is 8.29. The number of hydrogen-bond acceptors (Lipinski definition) is 4. The van der Waals surface area contributed by atoms with Crippen molar-refractivity contribution in [3.63, 3.8) is 0 Å². The van der Waals surface area contributed by atoms with Crippen LogP contribution in [-0.2, 0) is 22.3 Å². The van der Waals surface area contributed by atoms with Gasteiger partial charge in [-0.1, -0.05) is 24.3 Å². The Morgan fingerprint density at radius 3 is 2.57 bits per heavy atom.